The van der Waals surface area contributed by atoms with E-state index in [2.05, 4.69) is 9.97 Å². The van der Waals surface area contributed by atoms with Crippen LogP contribution in [0.5, 0.6) is 5.75 Å². The minimum atomic E-state index is -0.712. The first kappa shape index (κ1) is 17.7. The zero-order valence-corrected chi connectivity index (χ0v) is 14.5. The summed E-state index contributed by atoms with van der Waals surface area (Å²) in [5.74, 6) is -0.461. The zero-order chi connectivity index (χ0) is 18.5. The number of anilines is 1. The maximum atomic E-state index is 12.3. The third-order valence-corrected chi connectivity index (χ3v) is 4.25. The smallest absolute Gasteiger partial charge is 0.342 e. The molecule has 0 aliphatic carbocycles. The van der Waals surface area contributed by atoms with Crippen molar-refractivity contribution in [3.05, 3.63) is 47.8 Å². The molecular formula is C18H20N4O4. The molecule has 0 radical (unpaired) electrons. The molecule has 1 fully saturated rings. The van der Waals surface area contributed by atoms with Crippen LogP contribution in [0.2, 0.25) is 0 Å². The molecule has 1 saturated heterocycles. The highest BCUT2D eigenvalue weighted by Crippen LogP contribution is 2.22. The average molecular weight is 356 g/mol. The molecular weight excluding hydrogens is 336 g/mol. The number of hydrogen-bond acceptors (Lipinski definition) is 7. The number of rotatable bonds is 4. The summed E-state index contributed by atoms with van der Waals surface area (Å²) in [6, 6.07) is 6.56. The lowest BCUT2D eigenvalue weighted by Gasteiger charge is -2.34. The number of amides is 1. The van der Waals surface area contributed by atoms with Crippen molar-refractivity contribution < 1.29 is 19.4 Å². The standard InChI is InChI=1S/C18H20N4O4/c1-13-4-2-5-14(16(13)24)17(25)26-12-15(23)21-8-10-22(11-9-21)18-19-6-3-7-20-18/h2-7,24H,8-12H2,1H3. The Kier molecular flexibility index (Phi) is 5.31. The number of esters is 1. The molecule has 0 bridgehead atoms. The number of phenols is 1. The monoisotopic (exact) mass is 356 g/mol. The first-order chi connectivity index (χ1) is 12.6. The van der Waals surface area contributed by atoms with E-state index in [-0.39, 0.29) is 23.8 Å². The molecule has 1 aromatic carbocycles. The minimum Gasteiger partial charge on any atom is -0.507 e. The largest absolute Gasteiger partial charge is 0.507 e. The summed E-state index contributed by atoms with van der Waals surface area (Å²) >= 11 is 0. The first-order valence-corrected chi connectivity index (χ1v) is 8.31. The third kappa shape index (κ3) is 3.90. The van der Waals surface area contributed by atoms with Crippen LogP contribution in [0.25, 0.3) is 0 Å². The molecule has 26 heavy (non-hydrogen) atoms. The van der Waals surface area contributed by atoms with E-state index in [1.54, 1.807) is 42.4 Å². The lowest BCUT2D eigenvalue weighted by atomic mass is 10.1. The van der Waals surface area contributed by atoms with Gasteiger partial charge in [0.05, 0.1) is 0 Å². The van der Waals surface area contributed by atoms with Crippen LogP contribution in [0.3, 0.4) is 0 Å². The Labute approximate surface area is 151 Å². The SMILES string of the molecule is Cc1cccc(C(=O)OCC(=O)N2CCN(c3ncccn3)CC2)c1O. The number of aromatic hydroxyl groups is 1. The van der Waals surface area contributed by atoms with Crippen molar-refractivity contribution in [2.24, 2.45) is 0 Å². The summed E-state index contributed by atoms with van der Waals surface area (Å²) in [7, 11) is 0. The highest BCUT2D eigenvalue weighted by Gasteiger charge is 2.24. The Hall–Kier alpha value is -3.16. The number of piperazine rings is 1. The van der Waals surface area contributed by atoms with E-state index in [0.717, 1.165) is 0 Å². The molecule has 1 aliphatic rings. The number of benzene rings is 1. The van der Waals surface area contributed by atoms with Crippen LogP contribution in [-0.4, -0.2) is 64.6 Å². The molecule has 136 valence electrons. The normalized spacial score (nSPS) is 14.2. The van der Waals surface area contributed by atoms with Gasteiger partial charge >= 0.3 is 5.97 Å². The number of carbonyl (C=O) groups is 2. The zero-order valence-electron chi connectivity index (χ0n) is 14.5. The van der Waals surface area contributed by atoms with Gasteiger partial charge in [-0.3, -0.25) is 4.79 Å². The molecule has 0 spiro atoms. The van der Waals surface area contributed by atoms with E-state index >= 15 is 0 Å². The Balaban J connectivity index is 1.50. The van der Waals surface area contributed by atoms with Gasteiger partial charge in [-0.05, 0) is 24.6 Å². The molecule has 2 heterocycles. The molecule has 8 nitrogen and oxygen atoms in total. The van der Waals surface area contributed by atoms with Crippen molar-refractivity contribution in [3.63, 3.8) is 0 Å². The second-order valence-corrected chi connectivity index (χ2v) is 5.96. The van der Waals surface area contributed by atoms with Crippen molar-refractivity contribution in [1.82, 2.24) is 14.9 Å². The predicted molar refractivity (Wildman–Crippen MR) is 94.0 cm³/mol. The van der Waals surface area contributed by atoms with Crippen LogP contribution >= 0.6 is 0 Å². The number of phenolic OH excluding ortho intramolecular Hbond substituents is 1. The second kappa shape index (κ2) is 7.81. The molecule has 0 atom stereocenters. The van der Waals surface area contributed by atoms with Crippen LogP contribution < -0.4 is 4.90 Å². The lowest BCUT2D eigenvalue weighted by Crippen LogP contribution is -2.50. The number of nitrogens with zero attached hydrogens (tertiary/aromatic N) is 4. The van der Waals surface area contributed by atoms with Crippen molar-refractivity contribution in [1.29, 1.82) is 0 Å². The summed E-state index contributed by atoms with van der Waals surface area (Å²) in [6.07, 6.45) is 3.36. The van der Waals surface area contributed by atoms with E-state index < -0.39 is 5.97 Å². The molecule has 0 saturated carbocycles. The van der Waals surface area contributed by atoms with E-state index in [0.29, 0.717) is 37.7 Å². The molecule has 2 aromatic rings. The Morgan fingerprint density at radius 3 is 2.50 bits per heavy atom. The fourth-order valence-corrected chi connectivity index (χ4v) is 2.73. The number of carbonyl (C=O) groups excluding carboxylic acids is 2. The van der Waals surface area contributed by atoms with Gasteiger partial charge in [-0.15, -0.1) is 0 Å². The number of hydrogen-bond donors (Lipinski definition) is 1. The van der Waals surface area contributed by atoms with Crippen LogP contribution in [-0.2, 0) is 9.53 Å². The molecule has 1 amide bonds. The van der Waals surface area contributed by atoms with Crippen molar-refractivity contribution in [2.75, 3.05) is 37.7 Å². The van der Waals surface area contributed by atoms with E-state index in [9.17, 15) is 14.7 Å². The Morgan fingerprint density at radius 1 is 1.12 bits per heavy atom. The van der Waals surface area contributed by atoms with Crippen LogP contribution in [0.1, 0.15) is 15.9 Å². The summed E-state index contributed by atoms with van der Waals surface area (Å²) < 4.78 is 5.06. The van der Waals surface area contributed by atoms with Crippen LogP contribution in [0.4, 0.5) is 5.95 Å². The molecule has 1 aromatic heterocycles. The molecule has 8 heteroatoms. The van der Waals surface area contributed by atoms with Gasteiger partial charge in [0.15, 0.2) is 6.61 Å². The van der Waals surface area contributed by atoms with Gasteiger partial charge < -0.3 is 19.6 Å². The minimum absolute atomic E-state index is 0.0591. The number of aromatic nitrogens is 2. The van der Waals surface area contributed by atoms with Gasteiger partial charge in [0, 0.05) is 38.6 Å². The van der Waals surface area contributed by atoms with E-state index in [1.165, 1.54) is 6.07 Å². The van der Waals surface area contributed by atoms with Gasteiger partial charge in [-0.2, -0.15) is 0 Å². The van der Waals surface area contributed by atoms with Gasteiger partial charge in [0.2, 0.25) is 5.95 Å². The predicted octanol–water partition coefficient (Wildman–Crippen LogP) is 0.996. The van der Waals surface area contributed by atoms with E-state index in [1.807, 2.05) is 4.90 Å². The third-order valence-electron chi connectivity index (χ3n) is 4.25. The van der Waals surface area contributed by atoms with Gasteiger partial charge in [0.1, 0.15) is 11.3 Å². The lowest BCUT2D eigenvalue weighted by molar-refractivity contribution is -0.134. The Bertz CT molecular complexity index is 789. The van der Waals surface area contributed by atoms with Crippen LogP contribution in [0.15, 0.2) is 36.7 Å². The molecule has 1 N–H and O–H groups in total. The first-order valence-electron chi connectivity index (χ1n) is 8.31. The topological polar surface area (TPSA) is 95.9 Å². The van der Waals surface area contributed by atoms with Crippen molar-refractivity contribution in [3.8, 4) is 5.75 Å². The van der Waals surface area contributed by atoms with Gasteiger partial charge in [-0.25, -0.2) is 14.8 Å². The molecule has 1 aliphatic heterocycles. The number of para-hydroxylation sites is 1. The second-order valence-electron chi connectivity index (χ2n) is 5.96. The average Bonchev–Trinajstić information content (AvgIpc) is 2.69. The fraction of sp³-hybridized carbons (Fsp3) is 0.333. The number of ether oxygens (including phenoxy) is 1. The summed E-state index contributed by atoms with van der Waals surface area (Å²) in [5.41, 5.74) is 0.633. The summed E-state index contributed by atoms with van der Waals surface area (Å²) in [4.78, 5) is 36.4. The summed E-state index contributed by atoms with van der Waals surface area (Å²) in [5, 5.41) is 9.91. The maximum Gasteiger partial charge on any atom is 0.342 e. The molecule has 3 rings (SSSR count). The van der Waals surface area contributed by atoms with Gasteiger partial charge in [0.25, 0.3) is 5.91 Å². The van der Waals surface area contributed by atoms with Crippen molar-refractivity contribution >= 4 is 17.8 Å². The number of aryl methyl sites for hydroxylation is 1. The van der Waals surface area contributed by atoms with E-state index in [4.69, 9.17) is 4.74 Å². The van der Waals surface area contributed by atoms with Gasteiger partial charge in [-0.1, -0.05) is 12.1 Å². The summed E-state index contributed by atoms with van der Waals surface area (Å²) in [6.45, 7) is 3.57. The molecule has 0 unspecified atom stereocenters. The van der Waals surface area contributed by atoms with Crippen molar-refractivity contribution in [2.45, 2.75) is 6.92 Å². The highest BCUT2D eigenvalue weighted by molar-refractivity contribution is 5.94. The maximum absolute atomic E-state index is 12.3. The fourth-order valence-electron chi connectivity index (χ4n) is 2.73. The van der Waals surface area contributed by atoms with Crippen LogP contribution in [0, 0.1) is 6.92 Å². The quantitative estimate of drug-likeness (QED) is 0.816. The Morgan fingerprint density at radius 2 is 1.81 bits per heavy atom. The highest BCUT2D eigenvalue weighted by atomic mass is 16.5.